The van der Waals surface area contributed by atoms with E-state index in [-0.39, 0.29) is 11.5 Å². The van der Waals surface area contributed by atoms with Gasteiger partial charge in [0.2, 0.25) is 0 Å². The maximum atomic E-state index is 12.0. The van der Waals surface area contributed by atoms with Crippen molar-refractivity contribution in [1.82, 2.24) is 0 Å². The van der Waals surface area contributed by atoms with Crippen molar-refractivity contribution in [3.63, 3.8) is 0 Å². The molecule has 0 aliphatic heterocycles. The molecule has 0 aromatic heterocycles. The average Bonchev–Trinajstić information content (AvgIpc) is 2.99. The van der Waals surface area contributed by atoms with E-state index >= 15 is 0 Å². The minimum Gasteiger partial charge on any atom is -0.435 e. The minimum atomic E-state index is -0.482. The molecule has 0 aromatic carbocycles. The van der Waals surface area contributed by atoms with Crippen molar-refractivity contribution in [2.75, 3.05) is 13.2 Å². The van der Waals surface area contributed by atoms with Gasteiger partial charge in [-0.3, -0.25) is 0 Å². The third-order valence-electron chi connectivity index (χ3n) is 8.95. The molecule has 0 N–H and O–H groups in total. The highest BCUT2D eigenvalue weighted by Gasteiger charge is 2.60. The zero-order valence-corrected chi connectivity index (χ0v) is 18.1. The monoisotopic (exact) mass is 390 g/mol. The summed E-state index contributed by atoms with van der Waals surface area (Å²) in [5, 5.41) is 0. The molecule has 3 fully saturated rings. The lowest BCUT2D eigenvalue weighted by Crippen LogP contribution is -2.53. The maximum Gasteiger partial charge on any atom is 0.508 e. The van der Waals surface area contributed by atoms with Crippen molar-refractivity contribution in [2.24, 2.45) is 34.5 Å². The van der Waals surface area contributed by atoms with E-state index in [0.717, 1.165) is 37.2 Å². The highest BCUT2D eigenvalue weighted by molar-refractivity contribution is 5.60. The smallest absolute Gasteiger partial charge is 0.435 e. The molecule has 0 saturated heterocycles. The fourth-order valence-corrected chi connectivity index (χ4v) is 7.53. The fourth-order valence-electron chi connectivity index (χ4n) is 7.53. The Morgan fingerprint density at radius 2 is 1.86 bits per heavy atom. The molecule has 158 valence electrons. The van der Waals surface area contributed by atoms with Crippen LogP contribution >= 0.6 is 0 Å². The Bertz CT molecular complexity index is 616. The van der Waals surface area contributed by atoms with E-state index in [9.17, 15) is 4.79 Å². The molecule has 0 heterocycles. The topological polar surface area (TPSA) is 44.8 Å². The van der Waals surface area contributed by atoms with E-state index in [1.807, 2.05) is 6.92 Å². The third kappa shape index (κ3) is 3.20. The number of carbonyl (C=O) groups excluding carboxylic acids is 1. The standard InChI is InChI=1S/C24H38O4/c1-5-26-17-11-13-23(3)16(15-17)7-8-18-19-9-10-21(28-22(25)27-6-2)24(19,4)14-12-20(18)23/h11,13,16-21H,5-10,12,14-15H2,1-4H3/t16-,17-,18-,19-,20-,21-,23-,24-/m0/s1. The van der Waals surface area contributed by atoms with Crippen molar-refractivity contribution in [3.8, 4) is 0 Å². The summed E-state index contributed by atoms with van der Waals surface area (Å²) in [6.45, 7) is 9.99. The van der Waals surface area contributed by atoms with E-state index in [0.29, 0.717) is 24.0 Å². The lowest BCUT2D eigenvalue weighted by atomic mass is 9.46. The highest BCUT2D eigenvalue weighted by Crippen LogP contribution is 2.65. The van der Waals surface area contributed by atoms with Gasteiger partial charge in [0.05, 0.1) is 12.7 Å². The van der Waals surface area contributed by atoms with Crippen LogP contribution in [0.4, 0.5) is 4.79 Å². The Hall–Kier alpha value is -1.03. The van der Waals surface area contributed by atoms with Crippen molar-refractivity contribution in [1.29, 1.82) is 0 Å². The van der Waals surface area contributed by atoms with Crippen LogP contribution in [-0.2, 0) is 14.2 Å². The summed E-state index contributed by atoms with van der Waals surface area (Å²) >= 11 is 0. The SMILES string of the molecule is CCOC(=O)O[C@H]1CC[C@H]2[C@@H]3CC[C@H]4C[C@@H](OCC)C=C[C@]4(C)[C@H]3CC[C@]12C. The van der Waals surface area contributed by atoms with Gasteiger partial charge in [-0.05, 0) is 87.9 Å². The predicted octanol–water partition coefficient (Wildman–Crippen LogP) is 5.75. The largest absolute Gasteiger partial charge is 0.508 e. The van der Waals surface area contributed by atoms with Gasteiger partial charge in [-0.2, -0.15) is 0 Å². The van der Waals surface area contributed by atoms with Crippen molar-refractivity contribution < 1.29 is 19.0 Å². The molecule has 4 aliphatic carbocycles. The van der Waals surface area contributed by atoms with Crippen LogP contribution in [0.5, 0.6) is 0 Å². The Morgan fingerprint density at radius 1 is 1.04 bits per heavy atom. The summed E-state index contributed by atoms with van der Waals surface area (Å²) in [6, 6.07) is 0. The second-order valence-electron chi connectivity index (χ2n) is 10.0. The van der Waals surface area contributed by atoms with E-state index in [2.05, 4.69) is 32.9 Å². The van der Waals surface area contributed by atoms with Crippen LogP contribution in [0.3, 0.4) is 0 Å². The molecule has 0 spiro atoms. The molecule has 0 radical (unpaired) electrons. The van der Waals surface area contributed by atoms with Crippen LogP contribution in [0.2, 0.25) is 0 Å². The van der Waals surface area contributed by atoms with Gasteiger partial charge in [0.1, 0.15) is 6.10 Å². The summed E-state index contributed by atoms with van der Waals surface area (Å²) in [5.41, 5.74) is 0.418. The Labute approximate surface area is 170 Å². The molecule has 4 aliphatic rings. The second kappa shape index (κ2) is 7.66. The zero-order chi connectivity index (χ0) is 19.9. The predicted molar refractivity (Wildman–Crippen MR) is 109 cm³/mol. The van der Waals surface area contributed by atoms with E-state index in [4.69, 9.17) is 14.2 Å². The molecule has 4 rings (SSSR count). The molecule has 0 bridgehead atoms. The van der Waals surface area contributed by atoms with Gasteiger partial charge in [-0.15, -0.1) is 0 Å². The summed E-state index contributed by atoms with van der Waals surface area (Å²) in [5.74, 6) is 2.92. The van der Waals surface area contributed by atoms with Crippen LogP contribution in [0.25, 0.3) is 0 Å². The van der Waals surface area contributed by atoms with Crippen LogP contribution in [0.15, 0.2) is 12.2 Å². The number of fused-ring (bicyclic) bond motifs is 5. The molecular formula is C24H38O4. The first-order valence-electron chi connectivity index (χ1n) is 11.6. The van der Waals surface area contributed by atoms with Gasteiger partial charge in [-0.1, -0.05) is 26.0 Å². The summed E-state index contributed by atoms with van der Waals surface area (Å²) in [7, 11) is 0. The number of ether oxygens (including phenoxy) is 3. The van der Waals surface area contributed by atoms with Gasteiger partial charge >= 0.3 is 6.16 Å². The molecule has 0 unspecified atom stereocenters. The number of hydrogen-bond donors (Lipinski definition) is 0. The molecule has 3 saturated carbocycles. The minimum absolute atomic E-state index is 0.0206. The first kappa shape index (κ1) is 20.3. The van der Waals surface area contributed by atoms with E-state index in [1.54, 1.807) is 0 Å². The van der Waals surface area contributed by atoms with Crippen molar-refractivity contribution in [3.05, 3.63) is 12.2 Å². The Kier molecular flexibility index (Phi) is 5.54. The number of allylic oxidation sites excluding steroid dienone is 1. The van der Waals surface area contributed by atoms with Crippen LogP contribution in [0.1, 0.15) is 72.6 Å². The van der Waals surface area contributed by atoms with Gasteiger partial charge in [0, 0.05) is 12.0 Å². The molecule has 0 aromatic rings. The fraction of sp³-hybridized carbons (Fsp3) is 0.875. The van der Waals surface area contributed by atoms with Gasteiger partial charge in [0.15, 0.2) is 0 Å². The number of hydrogen-bond acceptors (Lipinski definition) is 4. The molecule has 8 atom stereocenters. The van der Waals surface area contributed by atoms with Crippen molar-refractivity contribution in [2.45, 2.75) is 84.8 Å². The molecule has 4 nitrogen and oxygen atoms in total. The Balaban J connectivity index is 1.51. The highest BCUT2D eigenvalue weighted by atomic mass is 16.7. The van der Waals surface area contributed by atoms with E-state index < -0.39 is 6.16 Å². The number of rotatable bonds is 4. The van der Waals surface area contributed by atoms with E-state index in [1.165, 1.54) is 32.1 Å². The first-order chi connectivity index (χ1) is 13.4. The molecule has 28 heavy (non-hydrogen) atoms. The average molecular weight is 391 g/mol. The van der Waals surface area contributed by atoms with Gasteiger partial charge in [-0.25, -0.2) is 4.79 Å². The molecule has 0 amide bonds. The molecule has 4 heteroatoms. The van der Waals surface area contributed by atoms with Gasteiger partial charge in [0.25, 0.3) is 0 Å². The van der Waals surface area contributed by atoms with Gasteiger partial charge < -0.3 is 14.2 Å². The lowest BCUT2D eigenvalue weighted by molar-refractivity contribution is -0.109. The van der Waals surface area contributed by atoms with Crippen LogP contribution in [-0.4, -0.2) is 31.6 Å². The normalized spacial score (nSPS) is 47.0. The molecular weight excluding hydrogens is 352 g/mol. The number of carbonyl (C=O) groups is 1. The zero-order valence-electron chi connectivity index (χ0n) is 18.1. The third-order valence-corrected chi connectivity index (χ3v) is 8.95. The first-order valence-corrected chi connectivity index (χ1v) is 11.6. The maximum absolute atomic E-state index is 12.0. The van der Waals surface area contributed by atoms with Crippen LogP contribution < -0.4 is 0 Å². The van der Waals surface area contributed by atoms with Crippen molar-refractivity contribution >= 4 is 6.16 Å². The van der Waals surface area contributed by atoms with Crippen LogP contribution in [0, 0.1) is 34.5 Å². The second-order valence-corrected chi connectivity index (χ2v) is 10.0. The summed E-state index contributed by atoms with van der Waals surface area (Å²) in [4.78, 5) is 12.0. The lowest BCUT2D eigenvalue weighted by Gasteiger charge is -2.59. The quantitative estimate of drug-likeness (QED) is 0.453. The Morgan fingerprint density at radius 3 is 2.61 bits per heavy atom. The summed E-state index contributed by atoms with van der Waals surface area (Å²) < 4.78 is 16.8. The summed E-state index contributed by atoms with van der Waals surface area (Å²) in [6.07, 6.45) is 13.1.